The molecule has 0 fully saturated rings. The van der Waals surface area contributed by atoms with Gasteiger partial charge in [0.15, 0.2) is 5.52 Å². The predicted octanol–water partition coefficient (Wildman–Crippen LogP) is 3.00. The Bertz CT molecular complexity index is 832. The van der Waals surface area contributed by atoms with Crippen molar-refractivity contribution in [3.05, 3.63) is 50.9 Å². The van der Waals surface area contributed by atoms with Crippen molar-refractivity contribution in [2.75, 3.05) is 0 Å². The second kappa shape index (κ2) is 4.35. The van der Waals surface area contributed by atoms with Crippen molar-refractivity contribution in [1.82, 2.24) is 14.5 Å². The highest BCUT2D eigenvalue weighted by Gasteiger charge is 2.14. The minimum absolute atomic E-state index is 0.160. The second-order valence-corrected chi connectivity index (χ2v) is 5.30. The lowest BCUT2D eigenvalue weighted by Gasteiger charge is -2.07. The first-order valence-electron chi connectivity index (χ1n) is 5.89. The summed E-state index contributed by atoms with van der Waals surface area (Å²) in [5.74, 6) is 0.797. The molecule has 0 saturated carbocycles. The first-order chi connectivity index (χ1) is 9.09. The molecule has 0 amide bonds. The van der Waals surface area contributed by atoms with Crippen LogP contribution in [0.15, 0.2) is 39.7 Å². The van der Waals surface area contributed by atoms with Crippen LogP contribution in [-0.4, -0.2) is 14.5 Å². The average molecular weight is 318 g/mol. The van der Waals surface area contributed by atoms with Gasteiger partial charge < -0.3 is 9.55 Å². The summed E-state index contributed by atoms with van der Waals surface area (Å²) in [6, 6.07) is 7.83. The number of nitrogens with zero attached hydrogens (tertiary/aromatic N) is 2. The summed E-state index contributed by atoms with van der Waals surface area (Å²) < 4.78 is 2.98. The largest absolute Gasteiger partial charge is 0.327 e. The molecule has 0 aliphatic carbocycles. The van der Waals surface area contributed by atoms with E-state index in [1.165, 1.54) is 0 Å². The number of rotatable bonds is 1. The third-order valence-electron chi connectivity index (χ3n) is 3.32. The third-order valence-corrected chi connectivity index (χ3v) is 4.18. The number of aryl methyl sites for hydroxylation is 1. The quantitative estimate of drug-likeness (QED) is 0.750. The van der Waals surface area contributed by atoms with Gasteiger partial charge in [-0.3, -0.25) is 4.79 Å². The molecule has 0 spiro atoms. The van der Waals surface area contributed by atoms with Crippen LogP contribution >= 0.6 is 15.9 Å². The SMILES string of the molecule is Cc1c(Br)cccc1-c1nc2c(=O)[nH]ccc2n1C. The first-order valence-corrected chi connectivity index (χ1v) is 6.68. The lowest BCUT2D eigenvalue weighted by Crippen LogP contribution is -2.04. The number of benzene rings is 1. The molecule has 0 aliphatic heterocycles. The molecular formula is C14H12BrN3O. The molecule has 0 unspecified atom stereocenters. The zero-order valence-electron chi connectivity index (χ0n) is 10.6. The van der Waals surface area contributed by atoms with E-state index in [2.05, 4.69) is 25.9 Å². The molecular weight excluding hydrogens is 306 g/mol. The molecule has 5 heteroatoms. The summed E-state index contributed by atoms with van der Waals surface area (Å²) in [6.45, 7) is 2.03. The number of aromatic amines is 1. The molecule has 2 aromatic heterocycles. The van der Waals surface area contributed by atoms with E-state index in [1.54, 1.807) is 6.20 Å². The van der Waals surface area contributed by atoms with E-state index in [9.17, 15) is 4.79 Å². The number of H-pyrrole nitrogens is 1. The fourth-order valence-corrected chi connectivity index (χ4v) is 2.59. The van der Waals surface area contributed by atoms with Crippen LogP contribution in [0.4, 0.5) is 0 Å². The molecule has 2 heterocycles. The monoisotopic (exact) mass is 317 g/mol. The summed E-state index contributed by atoms with van der Waals surface area (Å²) >= 11 is 3.52. The van der Waals surface area contributed by atoms with E-state index in [1.807, 2.05) is 42.8 Å². The van der Waals surface area contributed by atoms with E-state index in [0.717, 1.165) is 26.9 Å². The van der Waals surface area contributed by atoms with Crippen LogP contribution < -0.4 is 5.56 Å². The minimum Gasteiger partial charge on any atom is -0.327 e. The molecule has 1 N–H and O–H groups in total. The van der Waals surface area contributed by atoms with E-state index in [4.69, 9.17) is 0 Å². The Morgan fingerprint density at radius 1 is 1.32 bits per heavy atom. The third kappa shape index (κ3) is 1.81. The lowest BCUT2D eigenvalue weighted by molar-refractivity contribution is 0.956. The van der Waals surface area contributed by atoms with Crippen molar-refractivity contribution in [1.29, 1.82) is 0 Å². The zero-order valence-corrected chi connectivity index (χ0v) is 12.2. The highest BCUT2D eigenvalue weighted by atomic mass is 79.9. The number of hydrogen-bond donors (Lipinski definition) is 1. The van der Waals surface area contributed by atoms with Crippen molar-refractivity contribution >= 4 is 27.0 Å². The fourth-order valence-electron chi connectivity index (χ4n) is 2.22. The molecule has 3 aromatic rings. The fraction of sp³-hybridized carbons (Fsp3) is 0.143. The van der Waals surface area contributed by atoms with E-state index in [-0.39, 0.29) is 5.56 Å². The Kier molecular flexibility index (Phi) is 2.78. The van der Waals surface area contributed by atoms with Gasteiger partial charge in [-0.2, -0.15) is 0 Å². The second-order valence-electron chi connectivity index (χ2n) is 4.45. The van der Waals surface area contributed by atoms with Crippen molar-refractivity contribution in [3.63, 3.8) is 0 Å². The van der Waals surface area contributed by atoms with Gasteiger partial charge in [0.2, 0.25) is 0 Å². The molecule has 0 atom stereocenters. The highest BCUT2D eigenvalue weighted by Crippen LogP contribution is 2.29. The van der Waals surface area contributed by atoms with Gasteiger partial charge in [-0.25, -0.2) is 4.98 Å². The van der Waals surface area contributed by atoms with Crippen LogP contribution in [-0.2, 0) is 7.05 Å². The zero-order chi connectivity index (χ0) is 13.6. The van der Waals surface area contributed by atoms with Gasteiger partial charge in [0.25, 0.3) is 5.56 Å². The van der Waals surface area contributed by atoms with Gasteiger partial charge >= 0.3 is 0 Å². The van der Waals surface area contributed by atoms with E-state index in [0.29, 0.717) is 5.52 Å². The molecule has 0 saturated heterocycles. The Morgan fingerprint density at radius 3 is 2.84 bits per heavy atom. The van der Waals surface area contributed by atoms with Crippen LogP contribution in [0.5, 0.6) is 0 Å². The normalized spacial score (nSPS) is 11.1. The van der Waals surface area contributed by atoms with Crippen molar-refractivity contribution < 1.29 is 0 Å². The number of hydrogen-bond acceptors (Lipinski definition) is 2. The maximum Gasteiger partial charge on any atom is 0.276 e. The van der Waals surface area contributed by atoms with Gasteiger partial charge in [-0.15, -0.1) is 0 Å². The van der Waals surface area contributed by atoms with Crippen LogP contribution in [0.1, 0.15) is 5.56 Å². The summed E-state index contributed by atoms with van der Waals surface area (Å²) in [7, 11) is 1.92. The first kappa shape index (κ1) is 12.2. The van der Waals surface area contributed by atoms with Gasteiger partial charge in [0, 0.05) is 23.3 Å². The van der Waals surface area contributed by atoms with Crippen LogP contribution in [0.25, 0.3) is 22.4 Å². The molecule has 3 rings (SSSR count). The Labute approximate surface area is 118 Å². The maximum absolute atomic E-state index is 11.8. The summed E-state index contributed by atoms with van der Waals surface area (Å²) in [5.41, 5.74) is 3.27. The van der Waals surface area contributed by atoms with Gasteiger partial charge in [0.1, 0.15) is 5.82 Å². The summed E-state index contributed by atoms with van der Waals surface area (Å²) in [4.78, 5) is 18.9. The Morgan fingerprint density at radius 2 is 2.11 bits per heavy atom. The summed E-state index contributed by atoms with van der Waals surface area (Å²) in [6.07, 6.45) is 1.64. The highest BCUT2D eigenvalue weighted by molar-refractivity contribution is 9.10. The number of halogens is 1. The maximum atomic E-state index is 11.8. The Hall–Kier alpha value is -1.88. The molecule has 4 nitrogen and oxygen atoms in total. The standard InChI is InChI=1S/C14H12BrN3O/c1-8-9(4-3-5-10(8)15)13-17-12-11(18(13)2)6-7-16-14(12)19/h3-7H,1-2H3,(H,16,19). The van der Waals surface area contributed by atoms with Crippen LogP contribution in [0.2, 0.25) is 0 Å². The van der Waals surface area contributed by atoms with E-state index >= 15 is 0 Å². The number of imidazole rings is 1. The molecule has 96 valence electrons. The Balaban J connectivity index is 2.38. The smallest absolute Gasteiger partial charge is 0.276 e. The molecule has 0 bridgehead atoms. The lowest BCUT2D eigenvalue weighted by atomic mass is 10.1. The van der Waals surface area contributed by atoms with Crippen molar-refractivity contribution in [2.45, 2.75) is 6.92 Å². The predicted molar refractivity (Wildman–Crippen MR) is 79.2 cm³/mol. The van der Waals surface area contributed by atoms with Gasteiger partial charge in [-0.05, 0) is 24.6 Å². The van der Waals surface area contributed by atoms with Crippen LogP contribution in [0.3, 0.4) is 0 Å². The topological polar surface area (TPSA) is 50.7 Å². The van der Waals surface area contributed by atoms with Crippen molar-refractivity contribution in [3.8, 4) is 11.4 Å². The number of pyridine rings is 1. The number of aromatic nitrogens is 3. The summed E-state index contributed by atoms with van der Waals surface area (Å²) in [5, 5.41) is 0. The van der Waals surface area contributed by atoms with Gasteiger partial charge in [-0.1, -0.05) is 28.1 Å². The molecule has 1 aromatic carbocycles. The molecule has 19 heavy (non-hydrogen) atoms. The number of nitrogens with one attached hydrogen (secondary N) is 1. The minimum atomic E-state index is -0.160. The van der Waals surface area contributed by atoms with Crippen molar-refractivity contribution in [2.24, 2.45) is 7.05 Å². The van der Waals surface area contributed by atoms with Gasteiger partial charge in [0.05, 0.1) is 5.52 Å². The molecule has 0 aliphatic rings. The number of fused-ring (bicyclic) bond motifs is 1. The molecule has 0 radical (unpaired) electrons. The van der Waals surface area contributed by atoms with E-state index < -0.39 is 0 Å². The average Bonchev–Trinajstić information content (AvgIpc) is 2.72. The van der Waals surface area contributed by atoms with Crippen LogP contribution in [0, 0.1) is 6.92 Å².